The van der Waals surface area contributed by atoms with Crippen molar-refractivity contribution in [3.8, 4) is 0 Å². The Balaban J connectivity index is 1.37. The van der Waals surface area contributed by atoms with E-state index in [-0.39, 0.29) is 11.6 Å². The van der Waals surface area contributed by atoms with E-state index in [4.69, 9.17) is 9.47 Å². The topological polar surface area (TPSA) is 25.1 Å². The first-order valence-electron chi connectivity index (χ1n) is 7.54. The summed E-state index contributed by atoms with van der Waals surface area (Å²) >= 11 is 0. The molecule has 96 valence electrons. The fraction of sp³-hybridized carbons (Fsp3) is 1.00. The molecule has 0 aromatic carbocycles. The number of hydrogen-bond acceptors (Lipinski definition) is 2. The summed E-state index contributed by atoms with van der Waals surface area (Å²) in [5.74, 6) is 3.28. The van der Waals surface area contributed by atoms with Gasteiger partial charge in [0.2, 0.25) is 11.6 Å². The molecule has 17 heavy (non-hydrogen) atoms. The van der Waals surface area contributed by atoms with Crippen LogP contribution in [0.15, 0.2) is 0 Å². The first-order valence-corrected chi connectivity index (χ1v) is 7.54. The van der Waals surface area contributed by atoms with Crippen molar-refractivity contribution in [2.45, 2.75) is 70.4 Å². The minimum atomic E-state index is -0.0800. The molecule has 2 saturated heterocycles. The quantitative estimate of drug-likeness (QED) is 0.683. The average Bonchev–Trinajstić information content (AvgIpc) is 3.04. The SMILES string of the molecule is CC1CCCC(CC2CC(C)C34OC3(C2)O4)C1. The van der Waals surface area contributed by atoms with Crippen molar-refractivity contribution in [3.63, 3.8) is 0 Å². The predicted octanol–water partition coefficient (Wildman–Crippen LogP) is 3.70. The van der Waals surface area contributed by atoms with Crippen molar-refractivity contribution >= 4 is 0 Å². The van der Waals surface area contributed by atoms with Crippen molar-refractivity contribution in [1.82, 2.24) is 0 Å². The zero-order valence-electron chi connectivity index (χ0n) is 11.1. The molecule has 4 atom stereocenters. The number of rotatable bonds is 2. The Morgan fingerprint density at radius 2 is 1.88 bits per heavy atom. The average molecular weight is 236 g/mol. The van der Waals surface area contributed by atoms with Crippen LogP contribution in [0.4, 0.5) is 0 Å². The van der Waals surface area contributed by atoms with Crippen LogP contribution in [0, 0.1) is 23.7 Å². The van der Waals surface area contributed by atoms with Crippen LogP contribution in [0.5, 0.6) is 0 Å². The fourth-order valence-electron chi connectivity index (χ4n) is 4.79. The summed E-state index contributed by atoms with van der Waals surface area (Å²) in [5, 5.41) is 0. The molecule has 0 bridgehead atoms. The van der Waals surface area contributed by atoms with Crippen molar-refractivity contribution in [2.75, 3.05) is 0 Å². The van der Waals surface area contributed by atoms with Crippen LogP contribution in [0.25, 0.3) is 0 Å². The Bertz CT molecular complexity index is 332. The smallest absolute Gasteiger partial charge is 0.232 e. The molecular weight excluding hydrogens is 212 g/mol. The molecule has 0 spiro atoms. The molecule has 0 radical (unpaired) electrons. The van der Waals surface area contributed by atoms with Crippen LogP contribution in [-0.4, -0.2) is 11.6 Å². The van der Waals surface area contributed by atoms with E-state index in [9.17, 15) is 0 Å². The Labute approximate surface area is 104 Å². The maximum Gasteiger partial charge on any atom is 0.232 e. The molecule has 2 heteroatoms. The maximum absolute atomic E-state index is 5.77. The highest BCUT2D eigenvalue weighted by Crippen LogP contribution is 2.77. The largest absolute Gasteiger partial charge is 0.307 e. The highest BCUT2D eigenvalue weighted by Gasteiger charge is 2.93. The fourth-order valence-corrected chi connectivity index (χ4v) is 4.79. The van der Waals surface area contributed by atoms with E-state index in [1.807, 2.05) is 0 Å². The van der Waals surface area contributed by atoms with Gasteiger partial charge in [0, 0.05) is 12.3 Å². The van der Waals surface area contributed by atoms with Gasteiger partial charge in [0.05, 0.1) is 0 Å². The molecule has 4 aliphatic rings. The molecule has 0 amide bonds. The summed E-state index contributed by atoms with van der Waals surface area (Å²) in [6.45, 7) is 4.73. The maximum atomic E-state index is 5.77. The van der Waals surface area contributed by atoms with Gasteiger partial charge < -0.3 is 9.47 Å². The number of epoxide rings is 2. The van der Waals surface area contributed by atoms with E-state index < -0.39 is 0 Å². The van der Waals surface area contributed by atoms with Crippen LogP contribution in [0.3, 0.4) is 0 Å². The van der Waals surface area contributed by atoms with Gasteiger partial charge in [0.25, 0.3) is 0 Å². The number of hydrogen-bond donors (Lipinski definition) is 0. The third-order valence-electron chi connectivity index (χ3n) is 5.69. The van der Waals surface area contributed by atoms with Crippen molar-refractivity contribution in [2.24, 2.45) is 23.7 Å². The van der Waals surface area contributed by atoms with E-state index in [0.717, 1.165) is 17.8 Å². The third kappa shape index (κ3) is 1.46. The lowest BCUT2D eigenvalue weighted by atomic mass is 9.73. The Hall–Kier alpha value is -0.0800. The lowest BCUT2D eigenvalue weighted by Gasteiger charge is -2.31. The summed E-state index contributed by atoms with van der Waals surface area (Å²) < 4.78 is 11.5. The second kappa shape index (κ2) is 3.27. The second-order valence-corrected chi connectivity index (χ2v) is 7.20. The lowest BCUT2D eigenvalue weighted by molar-refractivity contribution is -0.107. The summed E-state index contributed by atoms with van der Waals surface area (Å²) in [6.07, 6.45) is 9.78. The zero-order chi connectivity index (χ0) is 11.7. The lowest BCUT2D eigenvalue weighted by Crippen LogP contribution is -2.24. The Morgan fingerprint density at radius 3 is 2.59 bits per heavy atom. The van der Waals surface area contributed by atoms with Crippen LogP contribution >= 0.6 is 0 Å². The highest BCUT2D eigenvalue weighted by atomic mass is 17.0. The molecule has 0 N–H and O–H groups in total. The summed E-state index contributed by atoms with van der Waals surface area (Å²) in [7, 11) is 0. The van der Waals surface area contributed by atoms with E-state index in [0.29, 0.717) is 5.92 Å². The minimum Gasteiger partial charge on any atom is -0.307 e. The number of ether oxygens (including phenoxy) is 2. The molecule has 4 unspecified atom stereocenters. The second-order valence-electron chi connectivity index (χ2n) is 7.20. The Kier molecular flexibility index (Phi) is 2.08. The van der Waals surface area contributed by atoms with Crippen LogP contribution in [0.1, 0.15) is 58.8 Å². The van der Waals surface area contributed by atoms with E-state index in [2.05, 4.69) is 13.8 Å². The van der Waals surface area contributed by atoms with Gasteiger partial charge in [-0.25, -0.2) is 0 Å². The van der Waals surface area contributed by atoms with Gasteiger partial charge in [-0.15, -0.1) is 0 Å². The van der Waals surface area contributed by atoms with Crippen LogP contribution in [0.2, 0.25) is 0 Å². The summed E-state index contributed by atoms with van der Waals surface area (Å²) in [5.41, 5.74) is 0. The van der Waals surface area contributed by atoms with Gasteiger partial charge in [-0.1, -0.05) is 33.1 Å². The molecule has 0 aromatic heterocycles. The van der Waals surface area contributed by atoms with Crippen molar-refractivity contribution in [3.05, 3.63) is 0 Å². The third-order valence-corrected chi connectivity index (χ3v) is 5.69. The van der Waals surface area contributed by atoms with Gasteiger partial charge in [0.1, 0.15) is 0 Å². The monoisotopic (exact) mass is 236 g/mol. The van der Waals surface area contributed by atoms with Gasteiger partial charge in [-0.2, -0.15) is 0 Å². The van der Waals surface area contributed by atoms with E-state index >= 15 is 0 Å². The van der Waals surface area contributed by atoms with Crippen molar-refractivity contribution < 1.29 is 9.47 Å². The summed E-state index contributed by atoms with van der Waals surface area (Å²) in [4.78, 5) is 0. The molecule has 4 fully saturated rings. The molecule has 2 heterocycles. The molecule has 2 nitrogen and oxygen atoms in total. The van der Waals surface area contributed by atoms with Gasteiger partial charge in [-0.3, -0.25) is 0 Å². The molecular formula is C15H24O2. The minimum absolute atomic E-state index is 0.0738. The van der Waals surface area contributed by atoms with Crippen LogP contribution < -0.4 is 0 Å². The summed E-state index contributed by atoms with van der Waals surface area (Å²) in [6, 6.07) is 0. The molecule has 4 rings (SSSR count). The molecule has 0 aromatic rings. The van der Waals surface area contributed by atoms with Gasteiger partial charge >= 0.3 is 0 Å². The molecule has 2 aliphatic heterocycles. The van der Waals surface area contributed by atoms with E-state index in [1.54, 1.807) is 0 Å². The van der Waals surface area contributed by atoms with E-state index in [1.165, 1.54) is 44.9 Å². The zero-order valence-corrected chi connectivity index (χ0v) is 11.1. The first-order chi connectivity index (χ1) is 8.14. The standard InChI is InChI=1S/C15H24O2/c1-10-4-3-5-12(6-10)8-13-7-11(2)15-14(9-13,16-15)17-15/h10-13H,3-9H2,1-2H3. The molecule has 2 aliphatic carbocycles. The van der Waals surface area contributed by atoms with Crippen molar-refractivity contribution in [1.29, 1.82) is 0 Å². The Morgan fingerprint density at radius 1 is 1.06 bits per heavy atom. The van der Waals surface area contributed by atoms with Gasteiger partial charge in [0.15, 0.2) is 0 Å². The molecule has 2 saturated carbocycles. The normalized spacial score (nSPS) is 60.4. The van der Waals surface area contributed by atoms with Crippen LogP contribution in [-0.2, 0) is 9.47 Å². The highest BCUT2D eigenvalue weighted by molar-refractivity contribution is 5.23. The first kappa shape index (κ1) is 10.8. The predicted molar refractivity (Wildman–Crippen MR) is 65.3 cm³/mol. The van der Waals surface area contributed by atoms with Gasteiger partial charge in [-0.05, 0) is 37.0 Å².